The average Bonchev–Trinajstić information content (AvgIpc) is 2.73. The van der Waals surface area contributed by atoms with E-state index in [1.54, 1.807) is 0 Å². The highest BCUT2D eigenvalue weighted by molar-refractivity contribution is 5.82. The molecule has 5 heteroatoms. The summed E-state index contributed by atoms with van der Waals surface area (Å²) in [5, 5.41) is 3.00. The summed E-state index contributed by atoms with van der Waals surface area (Å²) in [6.07, 6.45) is 0.709. The van der Waals surface area contributed by atoms with Gasteiger partial charge in [-0.15, -0.1) is 0 Å². The first-order valence-corrected chi connectivity index (χ1v) is 6.43. The fraction of sp³-hybridized carbons (Fsp3) is 0.500. The van der Waals surface area contributed by atoms with Gasteiger partial charge in [0.25, 0.3) is 0 Å². The number of nitrogens with zero attached hydrogens (tertiary/aromatic N) is 1. The third kappa shape index (κ3) is 2.87. The maximum Gasteiger partial charge on any atom is 0.225 e. The predicted molar refractivity (Wildman–Crippen MR) is 73.3 cm³/mol. The van der Waals surface area contributed by atoms with Crippen molar-refractivity contribution in [1.29, 1.82) is 0 Å². The number of halogens is 1. The number of hydrogen-bond acceptors (Lipinski definition) is 3. The van der Waals surface area contributed by atoms with Crippen LogP contribution in [0.1, 0.15) is 18.9 Å². The lowest BCUT2D eigenvalue weighted by Gasteiger charge is -2.23. The molecule has 1 aliphatic rings. The van der Waals surface area contributed by atoms with Crippen LogP contribution in [0.5, 0.6) is 0 Å². The number of benzene rings is 1. The van der Waals surface area contributed by atoms with Gasteiger partial charge in [-0.3, -0.25) is 4.79 Å². The quantitative estimate of drug-likeness (QED) is 0.861. The van der Waals surface area contributed by atoms with E-state index in [-0.39, 0.29) is 11.7 Å². The molecule has 1 atom stereocenters. The number of nitrogens with two attached hydrogens (primary N) is 1. The maximum absolute atomic E-state index is 13.6. The summed E-state index contributed by atoms with van der Waals surface area (Å²) in [5.74, 6) is -0.544. The van der Waals surface area contributed by atoms with Gasteiger partial charge in [0, 0.05) is 25.3 Å². The Hall–Kier alpha value is -1.62. The van der Waals surface area contributed by atoms with E-state index in [4.69, 9.17) is 5.73 Å². The summed E-state index contributed by atoms with van der Waals surface area (Å²) in [5.41, 5.74) is 6.62. The maximum atomic E-state index is 13.6. The second-order valence-corrected chi connectivity index (χ2v) is 5.44. The summed E-state index contributed by atoms with van der Waals surface area (Å²) < 4.78 is 13.6. The highest BCUT2D eigenvalue weighted by Gasteiger charge is 2.39. The molecule has 0 aliphatic carbocycles. The minimum absolute atomic E-state index is 0.254. The largest absolute Gasteiger partial charge is 0.370 e. The Morgan fingerprint density at radius 3 is 2.84 bits per heavy atom. The normalized spacial score (nSPS) is 22.8. The van der Waals surface area contributed by atoms with Gasteiger partial charge in [-0.1, -0.05) is 0 Å². The molecule has 0 bridgehead atoms. The molecule has 1 fully saturated rings. The molecular weight excluding hydrogens is 245 g/mol. The van der Waals surface area contributed by atoms with Gasteiger partial charge in [0.05, 0.1) is 5.41 Å². The molecule has 1 amide bonds. The minimum Gasteiger partial charge on any atom is -0.370 e. The van der Waals surface area contributed by atoms with Crippen molar-refractivity contribution < 1.29 is 9.18 Å². The number of anilines is 1. The van der Waals surface area contributed by atoms with E-state index in [0.29, 0.717) is 19.5 Å². The van der Waals surface area contributed by atoms with Crippen LogP contribution in [0.15, 0.2) is 18.2 Å². The lowest BCUT2D eigenvalue weighted by Crippen LogP contribution is -2.37. The summed E-state index contributed by atoms with van der Waals surface area (Å²) >= 11 is 0. The van der Waals surface area contributed by atoms with Crippen molar-refractivity contribution in [3.63, 3.8) is 0 Å². The molecular formula is C14H20FN3O. The van der Waals surface area contributed by atoms with Gasteiger partial charge >= 0.3 is 0 Å². The lowest BCUT2D eigenvalue weighted by atomic mass is 9.89. The van der Waals surface area contributed by atoms with Crippen molar-refractivity contribution in [2.75, 3.05) is 25.0 Å². The summed E-state index contributed by atoms with van der Waals surface area (Å²) in [6.45, 7) is 3.75. The number of amides is 1. The predicted octanol–water partition coefficient (Wildman–Crippen LogP) is 1.25. The zero-order valence-electron chi connectivity index (χ0n) is 11.4. The Kier molecular flexibility index (Phi) is 3.75. The van der Waals surface area contributed by atoms with Gasteiger partial charge in [0.1, 0.15) is 5.82 Å². The highest BCUT2D eigenvalue weighted by atomic mass is 19.1. The zero-order chi connectivity index (χ0) is 14.0. The van der Waals surface area contributed by atoms with E-state index in [2.05, 4.69) is 5.32 Å². The fourth-order valence-electron chi connectivity index (χ4n) is 2.50. The molecule has 1 aromatic carbocycles. The third-order valence-electron chi connectivity index (χ3n) is 3.76. The van der Waals surface area contributed by atoms with Crippen LogP contribution in [0.2, 0.25) is 0 Å². The standard InChI is InChI=1S/C14H20FN3O/c1-14(13(16)19)3-4-18(9-14)12-6-10(8-17-2)5-11(15)7-12/h5-7,17H,3-4,8-9H2,1-2H3,(H2,16,19). The molecule has 3 N–H and O–H groups in total. The number of rotatable bonds is 4. The van der Waals surface area contributed by atoms with E-state index in [0.717, 1.165) is 17.8 Å². The topological polar surface area (TPSA) is 58.4 Å². The minimum atomic E-state index is -0.518. The summed E-state index contributed by atoms with van der Waals surface area (Å²) in [7, 11) is 1.82. The number of hydrogen-bond donors (Lipinski definition) is 2. The van der Waals surface area contributed by atoms with Crippen LogP contribution in [0, 0.1) is 11.2 Å². The van der Waals surface area contributed by atoms with E-state index < -0.39 is 5.41 Å². The molecule has 0 spiro atoms. The van der Waals surface area contributed by atoms with Gasteiger partial charge in [0.15, 0.2) is 0 Å². The number of carbonyl (C=O) groups excluding carboxylic acids is 1. The molecule has 19 heavy (non-hydrogen) atoms. The Morgan fingerprint density at radius 1 is 1.53 bits per heavy atom. The number of nitrogens with one attached hydrogen (secondary N) is 1. The SMILES string of the molecule is CNCc1cc(F)cc(N2CCC(C)(C(N)=O)C2)c1. The van der Waals surface area contributed by atoms with Crippen molar-refractivity contribution in [2.45, 2.75) is 19.9 Å². The number of primary amides is 1. The van der Waals surface area contributed by atoms with Crippen LogP contribution in [-0.2, 0) is 11.3 Å². The molecule has 1 saturated heterocycles. The Morgan fingerprint density at radius 2 is 2.26 bits per heavy atom. The van der Waals surface area contributed by atoms with Gasteiger partial charge in [-0.2, -0.15) is 0 Å². The van der Waals surface area contributed by atoms with Crippen molar-refractivity contribution in [1.82, 2.24) is 5.32 Å². The van der Waals surface area contributed by atoms with Crippen LogP contribution >= 0.6 is 0 Å². The van der Waals surface area contributed by atoms with Crippen molar-refractivity contribution in [3.05, 3.63) is 29.6 Å². The number of carbonyl (C=O) groups is 1. The third-order valence-corrected chi connectivity index (χ3v) is 3.76. The second-order valence-electron chi connectivity index (χ2n) is 5.44. The first-order chi connectivity index (χ1) is 8.94. The van der Waals surface area contributed by atoms with Crippen LogP contribution < -0.4 is 16.0 Å². The van der Waals surface area contributed by atoms with Crippen LogP contribution in [0.25, 0.3) is 0 Å². The fourth-order valence-corrected chi connectivity index (χ4v) is 2.50. The van der Waals surface area contributed by atoms with Gasteiger partial charge in [-0.05, 0) is 44.2 Å². The second kappa shape index (κ2) is 5.17. The van der Waals surface area contributed by atoms with Gasteiger partial charge < -0.3 is 16.0 Å². The van der Waals surface area contributed by atoms with E-state index in [1.165, 1.54) is 12.1 Å². The molecule has 2 rings (SSSR count). The molecule has 0 saturated carbocycles. The first-order valence-electron chi connectivity index (χ1n) is 6.43. The highest BCUT2D eigenvalue weighted by Crippen LogP contribution is 2.33. The van der Waals surface area contributed by atoms with Crippen molar-refractivity contribution in [2.24, 2.45) is 11.1 Å². The molecule has 1 unspecified atom stereocenters. The molecule has 1 aromatic rings. The van der Waals surface area contributed by atoms with Crippen molar-refractivity contribution in [3.8, 4) is 0 Å². The molecule has 4 nitrogen and oxygen atoms in total. The molecule has 1 aliphatic heterocycles. The molecule has 0 aromatic heterocycles. The first kappa shape index (κ1) is 13.8. The van der Waals surface area contributed by atoms with Crippen molar-refractivity contribution >= 4 is 11.6 Å². The zero-order valence-corrected chi connectivity index (χ0v) is 11.4. The van der Waals surface area contributed by atoms with E-state index in [9.17, 15) is 9.18 Å². The Bertz CT molecular complexity index is 492. The smallest absolute Gasteiger partial charge is 0.225 e. The van der Waals surface area contributed by atoms with Gasteiger partial charge in [-0.25, -0.2) is 4.39 Å². The lowest BCUT2D eigenvalue weighted by molar-refractivity contribution is -0.125. The average molecular weight is 265 g/mol. The van der Waals surface area contributed by atoms with Crippen LogP contribution in [-0.4, -0.2) is 26.0 Å². The Balaban J connectivity index is 2.21. The van der Waals surface area contributed by atoms with Crippen LogP contribution in [0.4, 0.5) is 10.1 Å². The molecule has 1 heterocycles. The van der Waals surface area contributed by atoms with E-state index in [1.807, 2.05) is 24.9 Å². The van der Waals surface area contributed by atoms with Crippen LogP contribution in [0.3, 0.4) is 0 Å². The van der Waals surface area contributed by atoms with E-state index >= 15 is 0 Å². The molecule has 104 valence electrons. The Labute approximate surface area is 112 Å². The summed E-state index contributed by atoms with van der Waals surface area (Å²) in [4.78, 5) is 13.5. The summed E-state index contributed by atoms with van der Waals surface area (Å²) in [6, 6.07) is 4.97. The monoisotopic (exact) mass is 265 g/mol. The van der Waals surface area contributed by atoms with Gasteiger partial charge in [0.2, 0.25) is 5.91 Å². The molecule has 0 radical (unpaired) electrons.